The lowest BCUT2D eigenvalue weighted by Crippen LogP contribution is -2.31. The number of hydrogen-bond acceptors (Lipinski definition) is 3. The molecule has 0 saturated heterocycles. The Morgan fingerprint density at radius 3 is 2.43 bits per heavy atom. The number of carbonyl (C=O) groups excluding carboxylic acids is 1. The van der Waals surface area contributed by atoms with Gasteiger partial charge in [-0.15, -0.1) is 0 Å². The number of rotatable bonds is 2. The van der Waals surface area contributed by atoms with Crippen LogP contribution in [0.2, 0.25) is 0 Å². The van der Waals surface area contributed by atoms with Crippen LogP contribution in [-0.4, -0.2) is 11.2 Å². The highest BCUT2D eigenvalue weighted by Crippen LogP contribution is 1.95. The third kappa shape index (κ3) is 2.51. The van der Waals surface area contributed by atoms with Crippen molar-refractivity contribution in [1.82, 2.24) is 0 Å². The van der Waals surface area contributed by atoms with Crippen LogP contribution in [0.25, 0.3) is 0 Å². The van der Waals surface area contributed by atoms with E-state index >= 15 is 0 Å². The molecule has 0 aromatic carbocycles. The molecule has 0 aliphatic heterocycles. The summed E-state index contributed by atoms with van der Waals surface area (Å²) in [5.74, 6) is -1.09. The predicted molar refractivity (Wildman–Crippen MR) is 28.1 cm³/mol. The van der Waals surface area contributed by atoms with E-state index in [9.17, 15) is 9.90 Å². The van der Waals surface area contributed by atoms with Crippen molar-refractivity contribution >= 4 is 18.6 Å². The molecule has 0 aromatic heterocycles. The first kappa shape index (κ1) is 6.82. The van der Waals surface area contributed by atoms with Gasteiger partial charge in [0, 0.05) is 5.25 Å². The minimum atomic E-state index is -1.09. The Labute approximate surface area is 47.9 Å². The van der Waals surface area contributed by atoms with E-state index in [-0.39, 0.29) is 0 Å². The van der Waals surface area contributed by atoms with Crippen LogP contribution < -0.4 is 5.11 Å². The molecule has 0 aliphatic carbocycles. The molecule has 1 atom stereocenters. The molecule has 2 nitrogen and oxygen atoms in total. The number of aliphatic carboxylic acids is 1. The Morgan fingerprint density at radius 2 is 2.43 bits per heavy atom. The molecule has 1 unspecified atom stereocenters. The highest BCUT2D eigenvalue weighted by atomic mass is 32.1. The molecule has 3 heteroatoms. The Kier molecular flexibility index (Phi) is 2.83. The molecule has 0 spiro atoms. The van der Waals surface area contributed by atoms with Gasteiger partial charge in [0.05, 0.1) is 5.97 Å². The molecule has 7 heavy (non-hydrogen) atoms. The van der Waals surface area contributed by atoms with Gasteiger partial charge in [-0.25, -0.2) is 0 Å². The normalized spacial score (nSPS) is 13.4. The first-order valence-electron chi connectivity index (χ1n) is 2.07. The summed E-state index contributed by atoms with van der Waals surface area (Å²) in [4.78, 5) is 9.74. The Balaban J connectivity index is 3.34. The summed E-state index contributed by atoms with van der Waals surface area (Å²) in [7, 11) is 0. The average molecular weight is 119 g/mol. The summed E-state index contributed by atoms with van der Waals surface area (Å²) in [5, 5.41) is 9.15. The topological polar surface area (TPSA) is 40.1 Å². The second kappa shape index (κ2) is 2.91. The Morgan fingerprint density at radius 1 is 2.00 bits per heavy atom. The predicted octanol–water partition coefficient (Wildman–Crippen LogP) is -0.555. The van der Waals surface area contributed by atoms with Crippen molar-refractivity contribution in [2.45, 2.75) is 18.6 Å². The van der Waals surface area contributed by atoms with E-state index in [1.807, 2.05) is 0 Å². The summed E-state index contributed by atoms with van der Waals surface area (Å²) in [5.41, 5.74) is 0. The molecule has 0 rings (SSSR count). The van der Waals surface area contributed by atoms with Crippen molar-refractivity contribution in [2.24, 2.45) is 0 Å². The van der Waals surface area contributed by atoms with Gasteiger partial charge < -0.3 is 9.90 Å². The van der Waals surface area contributed by atoms with Crippen molar-refractivity contribution in [1.29, 1.82) is 0 Å². The second-order valence-corrected chi connectivity index (χ2v) is 1.87. The lowest BCUT2D eigenvalue weighted by Gasteiger charge is -2.05. The van der Waals surface area contributed by atoms with Gasteiger partial charge in [-0.05, 0) is 6.42 Å². The van der Waals surface area contributed by atoms with E-state index in [2.05, 4.69) is 12.6 Å². The number of thiol groups is 1. The third-order valence-corrected chi connectivity index (χ3v) is 1.23. The van der Waals surface area contributed by atoms with Gasteiger partial charge in [0.2, 0.25) is 0 Å². The van der Waals surface area contributed by atoms with Crippen molar-refractivity contribution < 1.29 is 9.90 Å². The van der Waals surface area contributed by atoms with Gasteiger partial charge in [0.15, 0.2) is 0 Å². The fourth-order valence-corrected chi connectivity index (χ4v) is 0.167. The van der Waals surface area contributed by atoms with Gasteiger partial charge in [0.25, 0.3) is 0 Å². The van der Waals surface area contributed by atoms with Crippen LogP contribution in [0, 0.1) is 0 Å². The first-order chi connectivity index (χ1) is 3.18. The molecule has 0 N–H and O–H groups in total. The molecule has 0 heterocycles. The molecule has 0 bridgehead atoms. The van der Waals surface area contributed by atoms with E-state index in [1.54, 1.807) is 6.92 Å². The zero-order valence-corrected chi connectivity index (χ0v) is 4.94. The highest BCUT2D eigenvalue weighted by Gasteiger charge is 1.95. The smallest absolute Gasteiger partial charge is 0.0541 e. The van der Waals surface area contributed by atoms with Gasteiger partial charge in [-0.3, -0.25) is 0 Å². The standard InChI is InChI=1S/C4H8O2S/c1-2-3(7)4(5)6/h3,7H,2H2,1H3,(H,5,6)/p-1. The SMILES string of the molecule is CCC(S)C(=O)[O-]. The molecule has 0 radical (unpaired) electrons. The van der Waals surface area contributed by atoms with Gasteiger partial charge >= 0.3 is 0 Å². The number of hydrogen-bond donors (Lipinski definition) is 1. The molecular weight excluding hydrogens is 112 g/mol. The van der Waals surface area contributed by atoms with E-state index in [1.165, 1.54) is 0 Å². The zero-order valence-electron chi connectivity index (χ0n) is 4.05. The van der Waals surface area contributed by atoms with Crippen LogP contribution in [0.4, 0.5) is 0 Å². The zero-order chi connectivity index (χ0) is 5.86. The maximum atomic E-state index is 9.74. The fourth-order valence-electron chi connectivity index (χ4n) is 0.167. The van der Waals surface area contributed by atoms with Crippen molar-refractivity contribution in [3.8, 4) is 0 Å². The van der Waals surface area contributed by atoms with Crippen LogP contribution in [0.15, 0.2) is 0 Å². The third-order valence-electron chi connectivity index (χ3n) is 0.659. The summed E-state index contributed by atoms with van der Waals surface area (Å²) in [6, 6.07) is 0. The monoisotopic (exact) mass is 119 g/mol. The van der Waals surface area contributed by atoms with Gasteiger partial charge in [0.1, 0.15) is 0 Å². The first-order valence-corrected chi connectivity index (χ1v) is 2.59. The average Bonchev–Trinajstić information content (AvgIpc) is 1.65. The van der Waals surface area contributed by atoms with Crippen LogP contribution in [0.5, 0.6) is 0 Å². The van der Waals surface area contributed by atoms with Crippen molar-refractivity contribution in [3.05, 3.63) is 0 Å². The second-order valence-electron chi connectivity index (χ2n) is 1.24. The van der Waals surface area contributed by atoms with Crippen LogP contribution in [-0.2, 0) is 4.79 Å². The minimum absolute atomic E-state index is 0.519. The van der Waals surface area contributed by atoms with Crippen LogP contribution >= 0.6 is 12.6 Å². The lowest BCUT2D eigenvalue weighted by molar-refractivity contribution is -0.304. The maximum Gasteiger partial charge on any atom is 0.0541 e. The summed E-state index contributed by atoms with van der Waals surface area (Å²) >= 11 is 3.66. The molecular formula is C4H7O2S-. The largest absolute Gasteiger partial charge is 0.549 e. The molecule has 0 saturated carbocycles. The highest BCUT2D eigenvalue weighted by molar-refractivity contribution is 7.81. The number of carboxylic acids is 1. The van der Waals surface area contributed by atoms with Crippen LogP contribution in [0.1, 0.15) is 13.3 Å². The fraction of sp³-hybridized carbons (Fsp3) is 0.750. The van der Waals surface area contributed by atoms with E-state index in [4.69, 9.17) is 0 Å². The van der Waals surface area contributed by atoms with Crippen molar-refractivity contribution in [2.75, 3.05) is 0 Å². The Hall–Kier alpha value is -0.180. The van der Waals surface area contributed by atoms with E-state index in [0.29, 0.717) is 6.42 Å². The van der Waals surface area contributed by atoms with E-state index in [0.717, 1.165) is 0 Å². The quantitative estimate of drug-likeness (QED) is 0.495. The summed E-state index contributed by atoms with van der Waals surface area (Å²) in [6.45, 7) is 1.74. The van der Waals surface area contributed by atoms with Crippen molar-refractivity contribution in [3.63, 3.8) is 0 Å². The van der Waals surface area contributed by atoms with Crippen LogP contribution in [0.3, 0.4) is 0 Å². The maximum absolute atomic E-state index is 9.74. The number of carboxylic acid groups (broad SMARTS) is 1. The summed E-state index contributed by atoms with van der Waals surface area (Å²) in [6.07, 6.45) is 0.519. The molecule has 0 amide bonds. The Bertz CT molecular complexity index is 72.1. The summed E-state index contributed by atoms with van der Waals surface area (Å²) < 4.78 is 0. The molecule has 42 valence electrons. The van der Waals surface area contributed by atoms with E-state index < -0.39 is 11.2 Å². The lowest BCUT2D eigenvalue weighted by atomic mass is 10.3. The molecule has 0 fully saturated rings. The van der Waals surface area contributed by atoms with Gasteiger partial charge in [-0.1, -0.05) is 6.92 Å². The minimum Gasteiger partial charge on any atom is -0.549 e. The number of carbonyl (C=O) groups is 1. The molecule has 0 aliphatic rings. The molecule has 0 aromatic rings. The van der Waals surface area contributed by atoms with Gasteiger partial charge in [-0.2, -0.15) is 12.6 Å².